The largest absolute Gasteiger partial charge is 0.377 e. The minimum absolute atomic E-state index is 0.00234. The summed E-state index contributed by atoms with van der Waals surface area (Å²) in [5.74, 6) is 0.630. The Bertz CT molecular complexity index is 499. The highest BCUT2D eigenvalue weighted by atomic mass is 35.5. The molecule has 2 heterocycles. The third kappa shape index (κ3) is 2.94. The van der Waals surface area contributed by atoms with Crippen LogP contribution in [0.4, 0.5) is 4.79 Å². The average molecular weight is 298 g/mol. The number of urea groups is 1. The van der Waals surface area contributed by atoms with Crippen LogP contribution in [0.5, 0.6) is 0 Å². The van der Waals surface area contributed by atoms with E-state index in [-0.39, 0.29) is 12.1 Å². The maximum absolute atomic E-state index is 12.3. The standard InChI is InChI=1S/C14H20ClN3O2/c1-17-8-11(15)6-12(17)7-16-14(19)18-4-5-20-9-13(18)10-2-3-10/h6,8,10,13H,2-5,7,9H2,1H3,(H,16,19)/t13-/m0/s1. The Balaban J connectivity index is 1.59. The van der Waals surface area contributed by atoms with Crippen LogP contribution in [0.2, 0.25) is 5.02 Å². The number of halogens is 1. The lowest BCUT2D eigenvalue weighted by molar-refractivity contribution is 0.00461. The molecule has 110 valence electrons. The smallest absolute Gasteiger partial charge is 0.318 e. The quantitative estimate of drug-likeness (QED) is 0.927. The molecule has 1 saturated heterocycles. The molecule has 0 bridgehead atoms. The maximum Gasteiger partial charge on any atom is 0.318 e. The number of hydrogen-bond acceptors (Lipinski definition) is 2. The third-order valence-electron chi connectivity index (χ3n) is 4.09. The van der Waals surface area contributed by atoms with Crippen molar-refractivity contribution in [1.29, 1.82) is 0 Å². The number of nitrogens with one attached hydrogen (secondary N) is 1. The molecule has 0 aromatic carbocycles. The third-order valence-corrected chi connectivity index (χ3v) is 4.29. The molecule has 2 aliphatic rings. The van der Waals surface area contributed by atoms with E-state index in [1.165, 1.54) is 12.8 Å². The normalized spacial score (nSPS) is 22.9. The molecular formula is C14H20ClN3O2. The second kappa shape index (κ2) is 5.66. The van der Waals surface area contributed by atoms with E-state index in [9.17, 15) is 4.79 Å². The second-order valence-electron chi connectivity index (χ2n) is 5.59. The first kappa shape index (κ1) is 13.8. The Hall–Kier alpha value is -1.20. The lowest BCUT2D eigenvalue weighted by Gasteiger charge is -2.35. The molecule has 20 heavy (non-hydrogen) atoms. The Kier molecular flexibility index (Phi) is 3.89. The fourth-order valence-electron chi connectivity index (χ4n) is 2.76. The Morgan fingerprint density at radius 3 is 3.00 bits per heavy atom. The van der Waals surface area contributed by atoms with Crippen LogP contribution >= 0.6 is 11.6 Å². The summed E-state index contributed by atoms with van der Waals surface area (Å²) < 4.78 is 7.44. The molecule has 1 N–H and O–H groups in total. The molecule has 3 rings (SSSR count). The van der Waals surface area contributed by atoms with Gasteiger partial charge >= 0.3 is 6.03 Å². The van der Waals surface area contributed by atoms with Gasteiger partial charge in [-0.15, -0.1) is 0 Å². The molecule has 1 aromatic rings. The van der Waals surface area contributed by atoms with E-state index in [1.54, 1.807) is 0 Å². The number of hydrogen-bond donors (Lipinski definition) is 1. The fourth-order valence-corrected chi connectivity index (χ4v) is 3.03. The first-order valence-corrected chi connectivity index (χ1v) is 7.46. The SMILES string of the molecule is Cn1cc(Cl)cc1CNC(=O)N1CCOC[C@H]1C1CC1. The number of morpholine rings is 1. The number of aryl methyl sites for hydroxylation is 1. The van der Waals surface area contributed by atoms with Gasteiger partial charge in [-0.25, -0.2) is 4.79 Å². The number of aromatic nitrogens is 1. The van der Waals surface area contributed by atoms with Gasteiger partial charge in [0.15, 0.2) is 0 Å². The molecule has 5 nitrogen and oxygen atoms in total. The lowest BCUT2D eigenvalue weighted by Crippen LogP contribution is -2.53. The summed E-state index contributed by atoms with van der Waals surface area (Å²) in [6, 6.07) is 2.13. The number of rotatable bonds is 3. The molecule has 1 aromatic heterocycles. The number of carbonyl (C=O) groups is 1. The van der Waals surface area contributed by atoms with Crippen LogP contribution < -0.4 is 5.32 Å². The van der Waals surface area contributed by atoms with Crippen LogP contribution in [-0.2, 0) is 18.3 Å². The van der Waals surface area contributed by atoms with Crippen molar-refractivity contribution in [3.63, 3.8) is 0 Å². The van der Waals surface area contributed by atoms with E-state index in [1.807, 2.05) is 28.8 Å². The van der Waals surface area contributed by atoms with Crippen molar-refractivity contribution in [2.24, 2.45) is 13.0 Å². The maximum atomic E-state index is 12.3. The molecule has 1 atom stereocenters. The van der Waals surface area contributed by atoms with Gasteiger partial charge in [-0.1, -0.05) is 11.6 Å². The molecular weight excluding hydrogens is 278 g/mol. The van der Waals surface area contributed by atoms with E-state index in [0.29, 0.717) is 37.2 Å². The van der Waals surface area contributed by atoms with Gasteiger partial charge in [-0.3, -0.25) is 0 Å². The van der Waals surface area contributed by atoms with Crippen molar-refractivity contribution in [3.8, 4) is 0 Å². The summed E-state index contributed by atoms with van der Waals surface area (Å²) in [6.07, 6.45) is 4.27. The van der Waals surface area contributed by atoms with Crippen LogP contribution in [0.1, 0.15) is 18.5 Å². The van der Waals surface area contributed by atoms with E-state index in [2.05, 4.69) is 5.32 Å². The van der Waals surface area contributed by atoms with Crippen LogP contribution in [0.3, 0.4) is 0 Å². The minimum atomic E-state index is 0.00234. The van der Waals surface area contributed by atoms with Crippen LogP contribution in [-0.4, -0.2) is 41.3 Å². The molecule has 6 heteroatoms. The zero-order valence-corrected chi connectivity index (χ0v) is 12.4. The van der Waals surface area contributed by atoms with Gasteiger partial charge in [0, 0.05) is 25.5 Å². The zero-order chi connectivity index (χ0) is 14.1. The highest BCUT2D eigenvalue weighted by Gasteiger charge is 2.39. The van der Waals surface area contributed by atoms with Crippen LogP contribution in [0.15, 0.2) is 12.3 Å². The summed E-state index contributed by atoms with van der Waals surface area (Å²) in [7, 11) is 1.93. The highest BCUT2D eigenvalue weighted by Crippen LogP contribution is 2.36. The van der Waals surface area contributed by atoms with E-state index in [0.717, 1.165) is 5.69 Å². The average Bonchev–Trinajstić information content (AvgIpc) is 3.22. The summed E-state index contributed by atoms with van der Waals surface area (Å²) in [5.41, 5.74) is 1.000. The zero-order valence-electron chi connectivity index (χ0n) is 11.6. The Morgan fingerprint density at radius 1 is 1.55 bits per heavy atom. The highest BCUT2D eigenvalue weighted by molar-refractivity contribution is 6.30. The van der Waals surface area contributed by atoms with Gasteiger partial charge in [0.1, 0.15) is 0 Å². The minimum Gasteiger partial charge on any atom is -0.377 e. The number of carbonyl (C=O) groups excluding carboxylic acids is 1. The molecule has 0 unspecified atom stereocenters. The summed E-state index contributed by atoms with van der Waals surface area (Å²) >= 11 is 5.94. The van der Waals surface area contributed by atoms with Gasteiger partial charge < -0.3 is 19.5 Å². The van der Waals surface area contributed by atoms with E-state index < -0.39 is 0 Å². The van der Waals surface area contributed by atoms with Crippen LogP contribution in [0.25, 0.3) is 0 Å². The predicted molar refractivity (Wildman–Crippen MR) is 76.7 cm³/mol. The second-order valence-corrected chi connectivity index (χ2v) is 6.03. The predicted octanol–water partition coefficient (Wildman–Crippen LogP) is 2.00. The number of amides is 2. The topological polar surface area (TPSA) is 46.5 Å². The fraction of sp³-hybridized carbons (Fsp3) is 0.643. The van der Waals surface area contributed by atoms with Crippen molar-refractivity contribution < 1.29 is 9.53 Å². The van der Waals surface area contributed by atoms with Crippen molar-refractivity contribution in [1.82, 2.24) is 14.8 Å². The Morgan fingerprint density at radius 2 is 2.35 bits per heavy atom. The van der Waals surface area contributed by atoms with Crippen LogP contribution in [0, 0.1) is 5.92 Å². The van der Waals surface area contributed by atoms with E-state index in [4.69, 9.17) is 16.3 Å². The van der Waals surface area contributed by atoms with E-state index >= 15 is 0 Å². The first-order chi connectivity index (χ1) is 9.65. The summed E-state index contributed by atoms with van der Waals surface area (Å²) in [4.78, 5) is 14.3. The van der Waals surface area contributed by atoms with Gasteiger partial charge in [0.25, 0.3) is 0 Å². The first-order valence-electron chi connectivity index (χ1n) is 7.08. The molecule has 1 saturated carbocycles. The van der Waals surface area contributed by atoms with Gasteiger partial charge in [0.2, 0.25) is 0 Å². The molecule has 2 fully saturated rings. The van der Waals surface area contributed by atoms with Gasteiger partial charge in [-0.05, 0) is 24.8 Å². The van der Waals surface area contributed by atoms with Crippen molar-refractivity contribution in [2.45, 2.75) is 25.4 Å². The summed E-state index contributed by atoms with van der Waals surface area (Å²) in [6.45, 7) is 2.48. The molecule has 2 amide bonds. The van der Waals surface area contributed by atoms with Crippen molar-refractivity contribution in [3.05, 3.63) is 23.0 Å². The number of ether oxygens (including phenoxy) is 1. The van der Waals surface area contributed by atoms with Gasteiger partial charge in [-0.2, -0.15) is 0 Å². The lowest BCUT2D eigenvalue weighted by atomic mass is 10.1. The molecule has 1 aliphatic carbocycles. The summed E-state index contributed by atoms with van der Waals surface area (Å²) in [5, 5.41) is 3.68. The van der Waals surface area contributed by atoms with Crippen molar-refractivity contribution in [2.75, 3.05) is 19.8 Å². The monoisotopic (exact) mass is 297 g/mol. The van der Waals surface area contributed by atoms with Crippen molar-refractivity contribution >= 4 is 17.6 Å². The Labute approximate surface area is 123 Å². The molecule has 1 aliphatic heterocycles. The van der Waals surface area contributed by atoms with Gasteiger partial charge in [0.05, 0.1) is 30.8 Å². The molecule has 0 spiro atoms. The molecule has 0 radical (unpaired) electrons. The number of nitrogens with zero attached hydrogens (tertiary/aromatic N) is 2.